The maximum absolute atomic E-state index is 12.5. The summed E-state index contributed by atoms with van der Waals surface area (Å²) in [5.41, 5.74) is 0.494. The van der Waals surface area contributed by atoms with Gasteiger partial charge in [-0.05, 0) is 17.7 Å². The van der Waals surface area contributed by atoms with Gasteiger partial charge in [-0.25, -0.2) is 0 Å². The van der Waals surface area contributed by atoms with E-state index in [1.807, 2.05) is 0 Å². The fraction of sp³-hybridized carbons (Fsp3) is 0.286. The van der Waals surface area contributed by atoms with Crippen molar-refractivity contribution in [3.63, 3.8) is 0 Å². The van der Waals surface area contributed by atoms with E-state index >= 15 is 0 Å². The molecule has 1 saturated heterocycles. The normalized spacial score (nSPS) is 22.2. The molecule has 2 aliphatic rings. The van der Waals surface area contributed by atoms with Crippen molar-refractivity contribution in [2.24, 2.45) is 0 Å². The molecule has 6 heteroatoms. The first-order chi connectivity index (χ1) is 9.38. The van der Waals surface area contributed by atoms with Crippen molar-refractivity contribution in [3.8, 4) is 0 Å². The number of hydrogen-bond donors (Lipinski definition) is 0. The summed E-state index contributed by atoms with van der Waals surface area (Å²) in [5, 5.41) is 0. The van der Waals surface area contributed by atoms with Crippen LogP contribution in [0.1, 0.15) is 29.9 Å². The Morgan fingerprint density at radius 1 is 1.05 bits per heavy atom. The lowest BCUT2D eigenvalue weighted by atomic mass is 9.94. The molecule has 2 heterocycles. The number of carbonyl (C=O) groups is 2. The predicted octanol–water partition coefficient (Wildman–Crippen LogP) is 2.84. The Balaban J connectivity index is 1.91. The zero-order valence-electron chi connectivity index (χ0n) is 10.3. The van der Waals surface area contributed by atoms with Gasteiger partial charge in [-0.1, -0.05) is 18.2 Å². The molecule has 1 fully saturated rings. The number of nitrogens with zero attached hydrogens (tertiary/aromatic N) is 1. The third-order valence-electron chi connectivity index (χ3n) is 3.62. The van der Waals surface area contributed by atoms with E-state index in [1.54, 1.807) is 6.08 Å². The van der Waals surface area contributed by atoms with Crippen molar-refractivity contribution < 1.29 is 22.8 Å². The fourth-order valence-corrected chi connectivity index (χ4v) is 2.66. The highest BCUT2D eigenvalue weighted by Crippen LogP contribution is 2.41. The summed E-state index contributed by atoms with van der Waals surface area (Å²) in [7, 11) is 0. The Hall–Kier alpha value is -2.11. The lowest BCUT2D eigenvalue weighted by Crippen LogP contribution is -2.26. The van der Waals surface area contributed by atoms with Gasteiger partial charge in [0.2, 0.25) is 11.8 Å². The second kappa shape index (κ2) is 4.19. The van der Waals surface area contributed by atoms with Gasteiger partial charge in [0.15, 0.2) is 0 Å². The Morgan fingerprint density at radius 3 is 2.30 bits per heavy atom. The quantitative estimate of drug-likeness (QED) is 0.742. The molecular weight excluding hydrogens is 271 g/mol. The summed E-state index contributed by atoms with van der Waals surface area (Å²) in [5.74, 6) is -0.876. The summed E-state index contributed by atoms with van der Waals surface area (Å²) in [6, 6.07) is 4.74. The first-order valence-corrected chi connectivity index (χ1v) is 6.11. The van der Waals surface area contributed by atoms with Crippen LogP contribution in [0.4, 0.5) is 13.2 Å². The number of carbonyl (C=O) groups excluding carboxylic acids is 2. The van der Waals surface area contributed by atoms with Crippen molar-refractivity contribution in [2.45, 2.75) is 24.9 Å². The van der Waals surface area contributed by atoms with E-state index in [0.29, 0.717) is 11.3 Å². The molecule has 104 valence electrons. The fourth-order valence-electron chi connectivity index (χ4n) is 2.66. The van der Waals surface area contributed by atoms with E-state index in [2.05, 4.69) is 0 Å². The van der Waals surface area contributed by atoms with Crippen LogP contribution in [0.3, 0.4) is 0 Å². The van der Waals surface area contributed by atoms with Gasteiger partial charge in [-0.15, -0.1) is 0 Å². The van der Waals surface area contributed by atoms with E-state index in [1.165, 1.54) is 12.1 Å². The van der Waals surface area contributed by atoms with Gasteiger partial charge in [0.05, 0.1) is 5.56 Å². The number of allylic oxidation sites excluding steroid dienone is 1. The molecule has 1 unspecified atom stereocenters. The van der Waals surface area contributed by atoms with E-state index in [9.17, 15) is 22.8 Å². The first kappa shape index (κ1) is 12.9. The minimum atomic E-state index is -4.38. The summed E-state index contributed by atoms with van der Waals surface area (Å²) in [4.78, 5) is 24.4. The molecule has 0 spiro atoms. The number of imide groups is 1. The minimum absolute atomic E-state index is 0.128. The van der Waals surface area contributed by atoms with Crippen LogP contribution >= 0.6 is 0 Å². The maximum atomic E-state index is 12.5. The molecule has 0 saturated carbocycles. The van der Waals surface area contributed by atoms with Gasteiger partial charge >= 0.3 is 6.18 Å². The van der Waals surface area contributed by atoms with Gasteiger partial charge in [0.1, 0.15) is 0 Å². The van der Waals surface area contributed by atoms with Gasteiger partial charge in [0, 0.05) is 24.5 Å². The number of fused-ring (bicyclic) bond motifs is 1. The molecule has 0 aromatic heterocycles. The van der Waals surface area contributed by atoms with Crippen molar-refractivity contribution >= 4 is 11.8 Å². The number of halogens is 3. The van der Waals surface area contributed by atoms with Crippen molar-refractivity contribution in [3.05, 3.63) is 47.2 Å². The summed E-state index contributed by atoms with van der Waals surface area (Å²) in [6.07, 6.45) is -2.39. The smallest absolute Gasteiger partial charge is 0.274 e. The molecule has 3 nitrogen and oxygen atoms in total. The molecule has 0 radical (unpaired) electrons. The van der Waals surface area contributed by atoms with E-state index in [4.69, 9.17) is 0 Å². The van der Waals surface area contributed by atoms with Crippen LogP contribution in [-0.4, -0.2) is 16.7 Å². The standard InChI is InChI=1S/C14H10F3NO2/c15-14(16,17)9-3-1-8(2-4-9)10-7-13(20)18-11(10)5-6-12(18)19/h1-5,10H,6-7H2. The summed E-state index contributed by atoms with van der Waals surface area (Å²) >= 11 is 0. The van der Waals surface area contributed by atoms with Gasteiger partial charge in [-0.2, -0.15) is 13.2 Å². The second-order valence-electron chi connectivity index (χ2n) is 4.83. The average Bonchev–Trinajstić information content (AvgIpc) is 2.91. The summed E-state index contributed by atoms with van der Waals surface area (Å²) in [6.45, 7) is 0. The van der Waals surface area contributed by atoms with Gasteiger partial charge in [-0.3, -0.25) is 14.5 Å². The highest BCUT2D eigenvalue weighted by atomic mass is 19.4. The van der Waals surface area contributed by atoms with Crippen LogP contribution in [0.15, 0.2) is 36.0 Å². The zero-order chi connectivity index (χ0) is 14.5. The number of rotatable bonds is 1. The van der Waals surface area contributed by atoms with Crippen molar-refractivity contribution in [2.75, 3.05) is 0 Å². The SMILES string of the molecule is O=C1CC=C2C(c3ccc(C(F)(F)F)cc3)CC(=O)N12. The number of amides is 2. The number of hydrogen-bond acceptors (Lipinski definition) is 2. The first-order valence-electron chi connectivity index (χ1n) is 6.11. The zero-order valence-corrected chi connectivity index (χ0v) is 10.3. The lowest BCUT2D eigenvalue weighted by Gasteiger charge is -2.14. The lowest BCUT2D eigenvalue weighted by molar-refractivity contribution is -0.139. The number of alkyl halides is 3. The third-order valence-corrected chi connectivity index (χ3v) is 3.62. The van der Waals surface area contributed by atoms with Crippen molar-refractivity contribution in [1.29, 1.82) is 0 Å². The molecule has 1 aromatic rings. The molecule has 2 amide bonds. The molecule has 3 rings (SSSR count). The highest BCUT2D eigenvalue weighted by Gasteiger charge is 2.42. The predicted molar refractivity (Wildman–Crippen MR) is 63.4 cm³/mol. The van der Waals surface area contributed by atoms with Gasteiger partial charge in [0.25, 0.3) is 0 Å². The van der Waals surface area contributed by atoms with Crippen LogP contribution < -0.4 is 0 Å². The highest BCUT2D eigenvalue weighted by molar-refractivity contribution is 6.03. The molecular formula is C14H10F3NO2. The van der Waals surface area contributed by atoms with Crippen LogP contribution in [0, 0.1) is 0 Å². The molecule has 0 bridgehead atoms. The number of benzene rings is 1. The van der Waals surface area contributed by atoms with Crippen LogP contribution in [0.5, 0.6) is 0 Å². The van der Waals surface area contributed by atoms with Crippen LogP contribution in [0.2, 0.25) is 0 Å². The monoisotopic (exact) mass is 281 g/mol. The Labute approximate surface area is 112 Å². The van der Waals surface area contributed by atoms with Crippen molar-refractivity contribution in [1.82, 2.24) is 4.90 Å². The third kappa shape index (κ3) is 1.92. The molecule has 2 aliphatic heterocycles. The Morgan fingerprint density at radius 2 is 1.70 bits per heavy atom. The van der Waals surface area contributed by atoms with E-state index in [0.717, 1.165) is 17.0 Å². The largest absolute Gasteiger partial charge is 0.416 e. The Bertz CT molecular complexity index is 616. The van der Waals surface area contributed by atoms with Crippen LogP contribution in [-0.2, 0) is 15.8 Å². The molecule has 1 atom stereocenters. The minimum Gasteiger partial charge on any atom is -0.274 e. The Kier molecular flexibility index (Phi) is 2.70. The summed E-state index contributed by atoms with van der Waals surface area (Å²) < 4.78 is 37.5. The second-order valence-corrected chi connectivity index (χ2v) is 4.83. The average molecular weight is 281 g/mol. The maximum Gasteiger partial charge on any atom is 0.416 e. The molecule has 0 aliphatic carbocycles. The van der Waals surface area contributed by atoms with E-state index in [-0.39, 0.29) is 30.6 Å². The van der Waals surface area contributed by atoms with Crippen LogP contribution in [0.25, 0.3) is 0 Å². The van der Waals surface area contributed by atoms with E-state index < -0.39 is 11.7 Å². The molecule has 20 heavy (non-hydrogen) atoms. The molecule has 0 N–H and O–H groups in total. The topological polar surface area (TPSA) is 37.4 Å². The molecule has 1 aromatic carbocycles. The van der Waals surface area contributed by atoms with Gasteiger partial charge < -0.3 is 0 Å².